The third-order valence-corrected chi connectivity index (χ3v) is 13.3. The predicted octanol–water partition coefficient (Wildman–Crippen LogP) is 6.92. The van der Waals surface area contributed by atoms with Crippen LogP contribution in [-0.2, 0) is 20.6 Å². The number of hydrogen-bond acceptors (Lipinski definition) is 8. The number of alkyl halides is 3. The Balaban J connectivity index is 1.13. The van der Waals surface area contributed by atoms with Crippen LogP contribution in [0.2, 0.25) is 0 Å². The summed E-state index contributed by atoms with van der Waals surface area (Å²) in [6.07, 6.45) is -4.21. The molecule has 1 aromatic heterocycles. The van der Waals surface area contributed by atoms with Crippen LogP contribution in [0.25, 0.3) is 0 Å². The number of thiazole rings is 1. The van der Waals surface area contributed by atoms with Gasteiger partial charge in [0.2, 0.25) is 11.8 Å². The van der Waals surface area contributed by atoms with Crippen molar-refractivity contribution in [2.75, 3.05) is 23.9 Å². The van der Waals surface area contributed by atoms with Gasteiger partial charge in [0.25, 0.3) is 5.91 Å². The van der Waals surface area contributed by atoms with Gasteiger partial charge in [-0.2, -0.15) is 13.2 Å². The van der Waals surface area contributed by atoms with Crippen LogP contribution in [0.15, 0.2) is 81.0 Å². The molecule has 2 saturated carbocycles. The molecule has 0 radical (unpaired) electrons. The molecule has 6 unspecified atom stereocenters. The van der Waals surface area contributed by atoms with E-state index in [1.54, 1.807) is 43.5 Å². The number of fused-ring (bicyclic) bond motifs is 9. The van der Waals surface area contributed by atoms with Gasteiger partial charge in [-0.15, -0.1) is 11.8 Å². The van der Waals surface area contributed by atoms with Gasteiger partial charge in [-0.1, -0.05) is 39.4 Å². The number of halogens is 4. The zero-order valence-electron chi connectivity index (χ0n) is 26.0. The highest BCUT2D eigenvalue weighted by molar-refractivity contribution is 9.10. The van der Waals surface area contributed by atoms with Gasteiger partial charge in [-0.3, -0.25) is 19.2 Å². The lowest BCUT2D eigenvalue weighted by Gasteiger charge is -2.43. The number of rotatable bonds is 7. The zero-order chi connectivity index (χ0) is 35.1. The number of aromatic nitrogens is 1. The van der Waals surface area contributed by atoms with Gasteiger partial charge in [0, 0.05) is 31.8 Å². The number of anilines is 2. The Bertz CT molecular complexity index is 2100. The number of amides is 3. The van der Waals surface area contributed by atoms with Crippen molar-refractivity contribution in [1.29, 1.82) is 0 Å². The fourth-order valence-electron chi connectivity index (χ4n) is 8.42. The molecule has 3 amide bonds. The smallest absolute Gasteiger partial charge is 0.418 e. The molecule has 3 aromatic carbocycles. The summed E-state index contributed by atoms with van der Waals surface area (Å²) in [6.45, 7) is -0.316. The van der Waals surface area contributed by atoms with Crippen molar-refractivity contribution in [3.63, 3.8) is 0 Å². The second kappa shape index (κ2) is 12.3. The zero-order valence-corrected chi connectivity index (χ0v) is 29.3. The first kappa shape index (κ1) is 33.1. The van der Waals surface area contributed by atoms with Gasteiger partial charge in [0.15, 0.2) is 6.61 Å². The number of carbonyl (C=O) groups excluding carboxylic acids is 3. The second-order valence-corrected chi connectivity index (χ2v) is 15.9. The lowest BCUT2D eigenvalue weighted by Crippen LogP contribution is -2.42. The Morgan fingerprint density at radius 1 is 1.02 bits per heavy atom. The summed E-state index contributed by atoms with van der Waals surface area (Å²) in [4.78, 5) is 58.0. The van der Waals surface area contributed by atoms with Crippen LogP contribution in [0.3, 0.4) is 0 Å². The summed E-state index contributed by atoms with van der Waals surface area (Å²) in [5, 5.41) is 3.25. The molecule has 2 bridgehead atoms. The van der Waals surface area contributed by atoms with E-state index in [2.05, 4.69) is 26.2 Å². The first-order valence-electron chi connectivity index (χ1n) is 15.7. The van der Waals surface area contributed by atoms with E-state index in [4.69, 9.17) is 9.47 Å². The molecule has 4 aromatic rings. The Morgan fingerprint density at radius 3 is 2.46 bits per heavy atom. The molecule has 7 atom stereocenters. The van der Waals surface area contributed by atoms with Crippen molar-refractivity contribution >= 4 is 68.1 Å². The normalized spacial score (nSPS) is 26.4. The highest BCUT2D eigenvalue weighted by Gasteiger charge is 2.70. The highest BCUT2D eigenvalue weighted by atomic mass is 79.9. The number of thioether (sulfide) groups is 1. The third kappa shape index (κ3) is 5.35. The van der Waals surface area contributed by atoms with Crippen LogP contribution < -0.4 is 24.6 Å². The molecule has 50 heavy (non-hydrogen) atoms. The Morgan fingerprint density at radius 2 is 1.74 bits per heavy atom. The number of imide groups is 1. The lowest BCUT2D eigenvalue weighted by molar-refractivity contribution is -0.137. The van der Waals surface area contributed by atoms with E-state index in [0.717, 1.165) is 31.7 Å². The number of para-hydroxylation sites is 1. The molecule has 2 aliphatic carbocycles. The fourth-order valence-corrected chi connectivity index (χ4v) is 11.7. The van der Waals surface area contributed by atoms with Crippen LogP contribution in [0.5, 0.6) is 11.5 Å². The molecular weight excluding hydrogens is 759 g/mol. The maximum atomic E-state index is 14.1. The van der Waals surface area contributed by atoms with Crippen LogP contribution >= 0.6 is 39.0 Å². The molecule has 2 N–H and O–H groups in total. The standard InChI is InChI=1S/C35H27BrF3N3O6S2/c1-47-17-9-7-16(8-10-17)40-24(43)14-48-23-11-6-15(36)12-18(23)25-26-19-13-20(29(26)49-31-30(25)50-34(46)41-31)28-27(19)32(44)42(33(28)45)22-5-3-2-4-21(22)35(37,38)39/h2-12,19-20,25-29H,13-14H2,1H3,(H,40,43)(H,41,46)/t19?,20?,25-,26?,27?,28?,29?/m1/s1. The van der Waals surface area contributed by atoms with Gasteiger partial charge in [0.05, 0.1) is 35.2 Å². The summed E-state index contributed by atoms with van der Waals surface area (Å²) >= 11 is 6.09. The van der Waals surface area contributed by atoms with Crippen molar-refractivity contribution in [3.05, 3.63) is 96.9 Å². The third-order valence-electron chi connectivity index (χ3n) is 10.2. The van der Waals surface area contributed by atoms with Crippen molar-refractivity contribution in [3.8, 4) is 11.5 Å². The number of ether oxygens (including phenoxy) is 2. The molecule has 2 aliphatic heterocycles. The number of methoxy groups -OCH3 is 1. The average molecular weight is 787 g/mol. The molecule has 8 rings (SSSR count). The number of benzene rings is 3. The Kier molecular flexibility index (Phi) is 8.14. The minimum atomic E-state index is -4.76. The minimum absolute atomic E-state index is 0.205. The van der Waals surface area contributed by atoms with Gasteiger partial charge >= 0.3 is 11.0 Å². The maximum absolute atomic E-state index is 14.1. The van der Waals surface area contributed by atoms with E-state index in [1.807, 2.05) is 6.07 Å². The van der Waals surface area contributed by atoms with Crippen LogP contribution in [-0.4, -0.2) is 41.7 Å². The van der Waals surface area contributed by atoms with Crippen molar-refractivity contribution in [1.82, 2.24) is 4.98 Å². The quantitative estimate of drug-likeness (QED) is 0.196. The number of hydrogen-bond donors (Lipinski definition) is 2. The van der Waals surface area contributed by atoms with Crippen LogP contribution in [0.4, 0.5) is 24.5 Å². The summed E-state index contributed by atoms with van der Waals surface area (Å²) in [5.41, 5.74) is -0.229. The molecule has 9 nitrogen and oxygen atoms in total. The molecule has 15 heteroatoms. The van der Waals surface area contributed by atoms with E-state index < -0.39 is 52.9 Å². The van der Waals surface area contributed by atoms with Crippen LogP contribution in [0, 0.1) is 29.6 Å². The van der Waals surface area contributed by atoms with Gasteiger partial charge in [-0.05, 0) is 78.8 Å². The first-order valence-corrected chi connectivity index (χ1v) is 18.2. The summed E-state index contributed by atoms with van der Waals surface area (Å²) < 4.78 is 54.1. The maximum Gasteiger partial charge on any atom is 0.418 e. The molecular formula is C35H27BrF3N3O6S2. The van der Waals surface area contributed by atoms with Crippen molar-refractivity contribution in [2.24, 2.45) is 29.6 Å². The Hall–Kier alpha value is -4.08. The van der Waals surface area contributed by atoms with E-state index >= 15 is 0 Å². The predicted molar refractivity (Wildman–Crippen MR) is 184 cm³/mol. The fraction of sp³-hybridized carbons (Fsp3) is 0.314. The molecule has 1 saturated heterocycles. The highest BCUT2D eigenvalue weighted by Crippen LogP contribution is 2.69. The van der Waals surface area contributed by atoms with E-state index in [0.29, 0.717) is 34.2 Å². The van der Waals surface area contributed by atoms with Gasteiger partial charge in [-0.25, -0.2) is 4.90 Å². The van der Waals surface area contributed by atoms with Crippen molar-refractivity contribution in [2.45, 2.75) is 28.8 Å². The summed E-state index contributed by atoms with van der Waals surface area (Å²) in [6, 6.07) is 16.9. The Labute approximate surface area is 299 Å². The minimum Gasteiger partial charge on any atom is -0.497 e. The monoisotopic (exact) mass is 785 g/mol. The molecule has 3 heterocycles. The number of nitrogens with one attached hydrogen (secondary N) is 2. The molecule has 4 aliphatic rings. The van der Waals surface area contributed by atoms with E-state index in [-0.39, 0.29) is 34.5 Å². The topological polar surface area (TPSA) is 118 Å². The SMILES string of the molecule is COc1ccc(NC(=O)COc2ccc(Br)cc2[C@H]2c3sc(=O)[nH]c3SC3C4CC(C5C(=O)N(c6ccccc6C(F)(F)F)C(=O)C45)C32)cc1. The molecule has 258 valence electrons. The number of nitrogens with zero attached hydrogens (tertiary/aromatic N) is 1. The van der Waals surface area contributed by atoms with Crippen LogP contribution in [0.1, 0.15) is 28.3 Å². The molecule has 0 spiro atoms. The van der Waals surface area contributed by atoms with Gasteiger partial charge in [0.1, 0.15) is 11.5 Å². The van der Waals surface area contributed by atoms with E-state index in [9.17, 15) is 32.3 Å². The summed E-state index contributed by atoms with van der Waals surface area (Å²) in [5.74, 6) is -3.50. The largest absolute Gasteiger partial charge is 0.497 e. The molecule has 3 fully saturated rings. The lowest BCUT2D eigenvalue weighted by atomic mass is 9.68. The van der Waals surface area contributed by atoms with Crippen molar-refractivity contribution < 1.29 is 37.0 Å². The van der Waals surface area contributed by atoms with E-state index in [1.165, 1.54) is 30.0 Å². The number of aromatic amines is 1. The average Bonchev–Trinajstić information content (AvgIpc) is 3.82. The van der Waals surface area contributed by atoms with Gasteiger partial charge < -0.3 is 19.8 Å². The second-order valence-electron chi connectivity index (χ2n) is 12.7. The number of H-pyrrole nitrogens is 1. The number of carbonyl (C=O) groups is 3. The first-order chi connectivity index (χ1) is 23.9. The summed E-state index contributed by atoms with van der Waals surface area (Å²) in [7, 11) is 1.55.